The first-order valence-electron chi connectivity index (χ1n) is 6.06. The first-order valence-corrected chi connectivity index (χ1v) is 7.79. The molecule has 0 aliphatic heterocycles. The zero-order valence-electron chi connectivity index (χ0n) is 11.0. The average Bonchev–Trinajstić information content (AvgIpc) is 2.36. The van der Waals surface area contributed by atoms with Gasteiger partial charge >= 0.3 is 0 Å². The summed E-state index contributed by atoms with van der Waals surface area (Å²) in [6, 6.07) is 3.05. The van der Waals surface area contributed by atoms with Gasteiger partial charge in [0.2, 0.25) is 0 Å². The molecule has 0 amide bonds. The summed E-state index contributed by atoms with van der Waals surface area (Å²) in [5.74, 6) is -0.638. The highest BCUT2D eigenvalue weighted by Gasteiger charge is 2.14. The first kappa shape index (κ1) is 16.2. The topological polar surface area (TPSA) is 49.3 Å². The van der Waals surface area contributed by atoms with Crippen molar-refractivity contribution in [2.45, 2.75) is 25.5 Å². The van der Waals surface area contributed by atoms with Gasteiger partial charge in [0.15, 0.2) is 0 Å². The van der Waals surface area contributed by atoms with Crippen LogP contribution < -0.4 is 5.32 Å². The summed E-state index contributed by atoms with van der Waals surface area (Å²) < 4.78 is 37.3. The molecule has 1 aromatic carbocycles. The molecule has 0 saturated heterocycles. The van der Waals surface area contributed by atoms with Crippen molar-refractivity contribution >= 4 is 10.8 Å². The highest BCUT2D eigenvalue weighted by molar-refractivity contribution is 7.84. The third-order valence-corrected chi connectivity index (χ3v) is 3.63. The van der Waals surface area contributed by atoms with Crippen LogP contribution in [0.25, 0.3) is 0 Å². The Bertz CT molecular complexity index is 443. The Morgan fingerprint density at radius 2 is 2.11 bits per heavy atom. The molecule has 19 heavy (non-hydrogen) atoms. The second kappa shape index (κ2) is 7.67. The summed E-state index contributed by atoms with van der Waals surface area (Å²) in [5, 5.41) is 12.8. The molecule has 108 valence electrons. The first-order chi connectivity index (χ1) is 8.90. The second-order valence-electron chi connectivity index (χ2n) is 4.56. The molecule has 3 nitrogen and oxygen atoms in total. The monoisotopic (exact) mass is 291 g/mol. The fourth-order valence-electron chi connectivity index (χ4n) is 1.64. The van der Waals surface area contributed by atoms with Crippen LogP contribution >= 0.6 is 0 Å². The molecule has 0 bridgehead atoms. The third kappa shape index (κ3) is 5.76. The van der Waals surface area contributed by atoms with Crippen LogP contribution in [-0.2, 0) is 10.8 Å². The highest BCUT2D eigenvalue weighted by atomic mass is 32.2. The molecule has 1 aromatic rings. The lowest BCUT2D eigenvalue weighted by molar-refractivity contribution is 0.165. The molecular weight excluding hydrogens is 272 g/mol. The van der Waals surface area contributed by atoms with E-state index < -0.39 is 28.5 Å². The number of aliphatic hydroxyl groups is 1. The van der Waals surface area contributed by atoms with E-state index in [2.05, 4.69) is 5.32 Å². The van der Waals surface area contributed by atoms with Gasteiger partial charge in [-0.1, -0.05) is 0 Å². The fraction of sp³-hybridized carbons (Fsp3) is 0.538. The van der Waals surface area contributed by atoms with Crippen LogP contribution in [0.1, 0.15) is 25.0 Å². The summed E-state index contributed by atoms with van der Waals surface area (Å²) in [6.45, 7) is 2.01. The van der Waals surface area contributed by atoms with Crippen LogP contribution in [0, 0.1) is 11.6 Å². The van der Waals surface area contributed by atoms with Gasteiger partial charge in [-0.05, 0) is 31.5 Å². The maximum Gasteiger partial charge on any atom is 0.129 e. The van der Waals surface area contributed by atoms with Gasteiger partial charge in [0, 0.05) is 41.0 Å². The minimum absolute atomic E-state index is 0.0511. The maximum absolute atomic E-state index is 13.4. The van der Waals surface area contributed by atoms with Crippen molar-refractivity contribution in [2.75, 3.05) is 18.6 Å². The standard InChI is InChI=1S/C13H19F2NO2S/c1-9(5-6-19(2)18)16-8-13(17)11-7-10(14)3-4-12(11)15/h3-4,7,9,13,16-17H,5-6,8H2,1-2H3. The summed E-state index contributed by atoms with van der Waals surface area (Å²) >= 11 is 0. The molecular formula is C13H19F2NO2S. The van der Waals surface area contributed by atoms with E-state index in [4.69, 9.17) is 0 Å². The number of rotatable bonds is 7. The van der Waals surface area contributed by atoms with E-state index in [0.29, 0.717) is 12.2 Å². The van der Waals surface area contributed by atoms with Crippen LogP contribution in [0.3, 0.4) is 0 Å². The molecule has 2 N–H and O–H groups in total. The lowest BCUT2D eigenvalue weighted by atomic mass is 10.1. The number of halogens is 2. The number of aliphatic hydroxyl groups excluding tert-OH is 1. The number of hydrogen-bond acceptors (Lipinski definition) is 3. The van der Waals surface area contributed by atoms with Crippen LogP contribution in [0.4, 0.5) is 8.78 Å². The van der Waals surface area contributed by atoms with Crippen LogP contribution in [0.15, 0.2) is 18.2 Å². The van der Waals surface area contributed by atoms with E-state index in [0.717, 1.165) is 18.2 Å². The number of benzene rings is 1. The van der Waals surface area contributed by atoms with Crippen molar-refractivity contribution < 1.29 is 18.1 Å². The second-order valence-corrected chi connectivity index (χ2v) is 6.11. The minimum Gasteiger partial charge on any atom is -0.387 e. The van der Waals surface area contributed by atoms with E-state index in [-0.39, 0.29) is 18.2 Å². The van der Waals surface area contributed by atoms with E-state index >= 15 is 0 Å². The van der Waals surface area contributed by atoms with Gasteiger partial charge in [-0.2, -0.15) is 0 Å². The molecule has 0 fully saturated rings. The molecule has 0 aliphatic carbocycles. The summed E-state index contributed by atoms with van der Waals surface area (Å²) in [4.78, 5) is 0. The van der Waals surface area contributed by atoms with E-state index in [9.17, 15) is 18.1 Å². The van der Waals surface area contributed by atoms with Crippen molar-refractivity contribution in [3.8, 4) is 0 Å². The molecule has 0 spiro atoms. The molecule has 6 heteroatoms. The molecule has 0 aliphatic rings. The molecule has 3 atom stereocenters. The normalized spacial score (nSPS) is 16.1. The molecule has 3 unspecified atom stereocenters. The van der Waals surface area contributed by atoms with Crippen molar-refractivity contribution in [1.29, 1.82) is 0 Å². The zero-order valence-corrected chi connectivity index (χ0v) is 11.8. The Kier molecular flexibility index (Phi) is 6.54. The quantitative estimate of drug-likeness (QED) is 0.804. The van der Waals surface area contributed by atoms with E-state index in [1.807, 2.05) is 6.92 Å². The van der Waals surface area contributed by atoms with E-state index in [1.54, 1.807) is 6.26 Å². The lowest BCUT2D eigenvalue weighted by Gasteiger charge is -2.17. The lowest BCUT2D eigenvalue weighted by Crippen LogP contribution is -2.31. The van der Waals surface area contributed by atoms with Gasteiger partial charge in [-0.3, -0.25) is 4.21 Å². The molecule has 0 saturated carbocycles. The van der Waals surface area contributed by atoms with Gasteiger partial charge < -0.3 is 10.4 Å². The van der Waals surface area contributed by atoms with Crippen LogP contribution in [0.5, 0.6) is 0 Å². The van der Waals surface area contributed by atoms with Gasteiger partial charge in [0.05, 0.1) is 6.10 Å². The Morgan fingerprint density at radius 3 is 2.74 bits per heavy atom. The highest BCUT2D eigenvalue weighted by Crippen LogP contribution is 2.17. The third-order valence-electron chi connectivity index (χ3n) is 2.82. The predicted octanol–water partition coefficient (Wildman–Crippen LogP) is 1.74. The zero-order chi connectivity index (χ0) is 14.4. The Hall–Kier alpha value is -0.850. The van der Waals surface area contributed by atoms with Gasteiger partial charge in [-0.25, -0.2) is 8.78 Å². The summed E-state index contributed by atoms with van der Waals surface area (Å²) in [7, 11) is -0.855. The van der Waals surface area contributed by atoms with Gasteiger partial charge in [-0.15, -0.1) is 0 Å². The predicted molar refractivity (Wildman–Crippen MR) is 72.3 cm³/mol. The Balaban J connectivity index is 2.48. The number of hydrogen-bond donors (Lipinski definition) is 2. The largest absolute Gasteiger partial charge is 0.387 e. The molecule has 0 heterocycles. The smallest absolute Gasteiger partial charge is 0.129 e. The maximum atomic E-state index is 13.4. The SMILES string of the molecule is CC(CCS(C)=O)NCC(O)c1cc(F)ccc1F. The summed E-state index contributed by atoms with van der Waals surface area (Å²) in [5.41, 5.74) is -0.0567. The summed E-state index contributed by atoms with van der Waals surface area (Å²) in [6.07, 6.45) is 1.22. The minimum atomic E-state index is -1.11. The Labute approximate surface area is 114 Å². The van der Waals surface area contributed by atoms with Crippen LogP contribution in [-0.4, -0.2) is 33.9 Å². The molecule has 0 radical (unpaired) electrons. The van der Waals surface area contributed by atoms with Crippen molar-refractivity contribution in [2.24, 2.45) is 0 Å². The van der Waals surface area contributed by atoms with Gasteiger partial charge in [0.1, 0.15) is 11.6 Å². The van der Waals surface area contributed by atoms with Crippen LogP contribution in [0.2, 0.25) is 0 Å². The molecule has 0 aromatic heterocycles. The van der Waals surface area contributed by atoms with Crippen molar-refractivity contribution in [3.05, 3.63) is 35.4 Å². The molecule has 1 rings (SSSR count). The van der Waals surface area contributed by atoms with Gasteiger partial charge in [0.25, 0.3) is 0 Å². The van der Waals surface area contributed by atoms with Crippen molar-refractivity contribution in [1.82, 2.24) is 5.32 Å². The van der Waals surface area contributed by atoms with E-state index in [1.165, 1.54) is 0 Å². The number of nitrogens with one attached hydrogen (secondary N) is 1. The Morgan fingerprint density at radius 1 is 1.42 bits per heavy atom. The fourth-order valence-corrected chi connectivity index (χ4v) is 2.32. The average molecular weight is 291 g/mol. The van der Waals surface area contributed by atoms with Crippen molar-refractivity contribution in [3.63, 3.8) is 0 Å².